The predicted octanol–water partition coefficient (Wildman–Crippen LogP) is 3.97. The molecule has 0 aliphatic carbocycles. The second-order valence-corrected chi connectivity index (χ2v) is 7.78. The van der Waals surface area contributed by atoms with Gasteiger partial charge in [0.2, 0.25) is 5.91 Å². The minimum Gasteiger partial charge on any atom is -0.492 e. The quantitative estimate of drug-likeness (QED) is 0.550. The third-order valence-corrected chi connectivity index (χ3v) is 5.43. The average Bonchev–Trinajstić information content (AvgIpc) is 3.27. The molecule has 1 N–H and O–H groups in total. The fraction of sp³-hybridized carbons (Fsp3) is 0.235. The number of hydrogen-bond acceptors (Lipinski definition) is 5. The second kappa shape index (κ2) is 8.61. The first-order chi connectivity index (χ1) is 12.5. The molecule has 2 heterocycles. The van der Waals surface area contributed by atoms with Crippen molar-refractivity contribution in [3.63, 3.8) is 0 Å². The average molecular weight is 453 g/mol. The predicted molar refractivity (Wildman–Crippen MR) is 108 cm³/mol. The lowest BCUT2D eigenvalue weighted by Gasteiger charge is -2.18. The Kier molecular flexibility index (Phi) is 6.23. The minimum absolute atomic E-state index is 0.0558. The summed E-state index contributed by atoms with van der Waals surface area (Å²) in [5.74, 6) is 1.39. The van der Waals surface area contributed by atoms with E-state index in [-0.39, 0.29) is 12.5 Å². The molecule has 1 amide bonds. The number of H-pyrrole nitrogens is 1. The SMILES string of the molecule is CN(CCOc1ccc(Br)cc1)C(=O)Cn1c(-c2cccs2)n[nH]c1=S. The summed E-state index contributed by atoms with van der Waals surface area (Å²) in [5.41, 5.74) is 0. The number of amides is 1. The van der Waals surface area contributed by atoms with E-state index in [1.807, 2.05) is 41.8 Å². The van der Waals surface area contributed by atoms with Crippen LogP contribution in [0.3, 0.4) is 0 Å². The van der Waals surface area contributed by atoms with Crippen molar-refractivity contribution in [3.8, 4) is 16.5 Å². The zero-order valence-electron chi connectivity index (χ0n) is 14.0. The summed E-state index contributed by atoms with van der Waals surface area (Å²) in [6.07, 6.45) is 0. The summed E-state index contributed by atoms with van der Waals surface area (Å²) in [5, 5.41) is 8.96. The standard InChI is InChI=1S/C17H17BrN4O2S2/c1-21(8-9-24-13-6-4-12(18)5-7-13)15(23)11-22-16(19-20-17(22)25)14-3-2-10-26-14/h2-7,10H,8-9,11H2,1H3,(H,20,25). The summed E-state index contributed by atoms with van der Waals surface area (Å²) in [7, 11) is 1.75. The molecule has 0 aliphatic heterocycles. The number of aromatic nitrogens is 3. The summed E-state index contributed by atoms with van der Waals surface area (Å²) < 4.78 is 8.81. The van der Waals surface area contributed by atoms with E-state index in [4.69, 9.17) is 17.0 Å². The number of rotatable bonds is 7. The van der Waals surface area contributed by atoms with E-state index in [0.29, 0.717) is 23.7 Å². The minimum atomic E-state index is -0.0558. The third kappa shape index (κ3) is 4.60. The highest BCUT2D eigenvalue weighted by atomic mass is 79.9. The molecule has 0 aliphatic rings. The van der Waals surface area contributed by atoms with Crippen molar-refractivity contribution in [1.82, 2.24) is 19.7 Å². The maximum atomic E-state index is 12.5. The van der Waals surface area contributed by atoms with Crippen molar-refractivity contribution in [2.45, 2.75) is 6.54 Å². The summed E-state index contributed by atoms with van der Waals surface area (Å²) >= 11 is 10.2. The lowest BCUT2D eigenvalue weighted by molar-refractivity contribution is -0.130. The van der Waals surface area contributed by atoms with Gasteiger partial charge in [-0.25, -0.2) is 0 Å². The molecule has 1 aromatic carbocycles. The Bertz CT molecular complexity index is 919. The zero-order valence-corrected chi connectivity index (χ0v) is 17.2. The number of nitrogens with zero attached hydrogens (tertiary/aromatic N) is 3. The monoisotopic (exact) mass is 452 g/mol. The topological polar surface area (TPSA) is 63.1 Å². The van der Waals surface area contributed by atoms with Crippen molar-refractivity contribution in [1.29, 1.82) is 0 Å². The smallest absolute Gasteiger partial charge is 0.242 e. The van der Waals surface area contributed by atoms with Gasteiger partial charge in [0.15, 0.2) is 10.6 Å². The normalized spacial score (nSPS) is 10.7. The second-order valence-electron chi connectivity index (χ2n) is 5.53. The molecule has 9 heteroatoms. The lowest BCUT2D eigenvalue weighted by atomic mass is 10.3. The van der Waals surface area contributed by atoms with Gasteiger partial charge in [0.05, 0.1) is 11.4 Å². The van der Waals surface area contributed by atoms with E-state index < -0.39 is 0 Å². The van der Waals surface area contributed by atoms with Gasteiger partial charge in [0, 0.05) is 11.5 Å². The number of thiophene rings is 1. The van der Waals surface area contributed by atoms with E-state index >= 15 is 0 Å². The first kappa shape index (κ1) is 18.8. The fourth-order valence-corrected chi connectivity index (χ4v) is 3.45. The van der Waals surface area contributed by atoms with Crippen LogP contribution in [0.5, 0.6) is 5.75 Å². The maximum Gasteiger partial charge on any atom is 0.242 e. The van der Waals surface area contributed by atoms with Crippen LogP contribution in [0, 0.1) is 4.77 Å². The molecular formula is C17H17BrN4O2S2. The number of aromatic amines is 1. The number of nitrogens with one attached hydrogen (secondary N) is 1. The van der Waals surface area contributed by atoms with Gasteiger partial charge in [-0.1, -0.05) is 22.0 Å². The van der Waals surface area contributed by atoms with E-state index in [0.717, 1.165) is 15.1 Å². The highest BCUT2D eigenvalue weighted by Gasteiger charge is 2.15. The van der Waals surface area contributed by atoms with E-state index in [9.17, 15) is 4.79 Å². The zero-order chi connectivity index (χ0) is 18.5. The molecule has 3 aromatic rings. The number of ether oxygens (including phenoxy) is 1. The summed E-state index contributed by atoms with van der Waals surface area (Å²) in [6, 6.07) is 11.5. The van der Waals surface area contributed by atoms with Crippen LogP contribution in [0.4, 0.5) is 0 Å². The molecule has 2 aromatic heterocycles. The number of carbonyl (C=O) groups is 1. The van der Waals surface area contributed by atoms with E-state index in [1.54, 1.807) is 27.9 Å². The third-order valence-electron chi connectivity index (χ3n) is 3.73. The van der Waals surface area contributed by atoms with Crippen molar-refractivity contribution in [2.24, 2.45) is 0 Å². The molecule has 0 unspecified atom stereocenters. The Morgan fingerprint density at radius 2 is 2.15 bits per heavy atom. The molecule has 0 radical (unpaired) electrons. The molecule has 6 nitrogen and oxygen atoms in total. The maximum absolute atomic E-state index is 12.5. The van der Waals surface area contributed by atoms with Gasteiger partial charge in [-0.15, -0.1) is 11.3 Å². The molecule has 0 bridgehead atoms. The van der Waals surface area contributed by atoms with Crippen molar-refractivity contribution in [2.75, 3.05) is 20.2 Å². The number of carbonyl (C=O) groups excluding carboxylic acids is 1. The van der Waals surface area contributed by atoms with Crippen molar-refractivity contribution < 1.29 is 9.53 Å². The molecule has 0 saturated heterocycles. The van der Waals surface area contributed by atoms with Gasteiger partial charge >= 0.3 is 0 Å². The fourth-order valence-electron chi connectivity index (χ4n) is 2.27. The highest BCUT2D eigenvalue weighted by molar-refractivity contribution is 9.10. The van der Waals surface area contributed by atoms with Crippen molar-refractivity contribution in [3.05, 3.63) is 51.0 Å². The Labute approximate surface area is 168 Å². The number of likely N-dealkylation sites (N-methyl/N-ethyl adjacent to an activating group) is 1. The van der Waals surface area contributed by atoms with Crippen LogP contribution in [0.15, 0.2) is 46.3 Å². The summed E-state index contributed by atoms with van der Waals surface area (Å²) in [6.45, 7) is 1.03. The van der Waals surface area contributed by atoms with Crippen molar-refractivity contribution >= 4 is 45.4 Å². The Morgan fingerprint density at radius 3 is 2.85 bits per heavy atom. The number of benzene rings is 1. The van der Waals surface area contributed by atoms with Crippen LogP contribution >= 0.6 is 39.5 Å². The van der Waals surface area contributed by atoms with Gasteiger partial charge in [0.25, 0.3) is 0 Å². The molecule has 0 spiro atoms. The first-order valence-electron chi connectivity index (χ1n) is 7.86. The lowest BCUT2D eigenvalue weighted by Crippen LogP contribution is -2.33. The first-order valence-corrected chi connectivity index (χ1v) is 9.94. The van der Waals surface area contributed by atoms with Crippen LogP contribution in [0.1, 0.15) is 0 Å². The van der Waals surface area contributed by atoms with Gasteiger partial charge < -0.3 is 9.64 Å². The Morgan fingerprint density at radius 1 is 1.38 bits per heavy atom. The highest BCUT2D eigenvalue weighted by Crippen LogP contribution is 2.22. The molecule has 0 fully saturated rings. The van der Waals surface area contributed by atoms with Crippen LogP contribution in [-0.2, 0) is 11.3 Å². The van der Waals surface area contributed by atoms with E-state index in [1.165, 1.54) is 0 Å². The Hall–Kier alpha value is -1.97. The van der Waals surface area contributed by atoms with Gasteiger partial charge in [-0.05, 0) is 47.9 Å². The van der Waals surface area contributed by atoms with Gasteiger partial charge in [0.1, 0.15) is 18.9 Å². The van der Waals surface area contributed by atoms with E-state index in [2.05, 4.69) is 26.1 Å². The molecule has 0 saturated carbocycles. The van der Waals surface area contributed by atoms with Gasteiger partial charge in [-0.2, -0.15) is 5.10 Å². The molecular weight excluding hydrogens is 436 g/mol. The van der Waals surface area contributed by atoms with Gasteiger partial charge in [-0.3, -0.25) is 14.5 Å². The Balaban J connectivity index is 1.57. The molecule has 3 rings (SSSR count). The largest absolute Gasteiger partial charge is 0.492 e. The number of halogens is 1. The van der Waals surface area contributed by atoms with Crippen LogP contribution in [0.25, 0.3) is 10.7 Å². The number of hydrogen-bond donors (Lipinski definition) is 1. The molecule has 136 valence electrons. The van der Waals surface area contributed by atoms with Crippen LogP contribution in [-0.4, -0.2) is 45.8 Å². The van der Waals surface area contributed by atoms with Crippen LogP contribution in [0.2, 0.25) is 0 Å². The summed E-state index contributed by atoms with van der Waals surface area (Å²) in [4.78, 5) is 15.1. The molecule has 0 atom stereocenters. The molecule has 26 heavy (non-hydrogen) atoms. The van der Waals surface area contributed by atoms with Crippen LogP contribution < -0.4 is 4.74 Å².